The Morgan fingerprint density at radius 3 is 2.77 bits per heavy atom. The molecule has 1 aliphatic rings. The Balaban J connectivity index is 1.79. The highest BCUT2D eigenvalue weighted by Crippen LogP contribution is 2.20. The number of unbranched alkanes of at least 4 members (excludes halogenated alkanes) is 2. The van der Waals surface area contributed by atoms with Gasteiger partial charge in [0.1, 0.15) is 0 Å². The Kier molecular flexibility index (Phi) is 9.50. The quantitative estimate of drug-likeness (QED) is 0.383. The summed E-state index contributed by atoms with van der Waals surface area (Å²) in [6.45, 7) is 9.14. The molecule has 0 bridgehead atoms. The number of nitrogens with zero attached hydrogens (tertiary/aromatic N) is 2. The minimum atomic E-state index is 0.458. The molecule has 2 N–H and O–H groups in total. The summed E-state index contributed by atoms with van der Waals surface area (Å²) in [7, 11) is 1.76. The van der Waals surface area contributed by atoms with Gasteiger partial charge in [-0.05, 0) is 45.1 Å². The zero-order valence-corrected chi connectivity index (χ0v) is 16.7. The van der Waals surface area contributed by atoms with Crippen LogP contribution in [0.5, 0.6) is 0 Å². The van der Waals surface area contributed by atoms with Crippen molar-refractivity contribution >= 4 is 5.96 Å². The number of ether oxygens (including phenoxy) is 1. The third-order valence-corrected chi connectivity index (χ3v) is 4.89. The molecule has 2 rings (SSSR count). The van der Waals surface area contributed by atoms with Gasteiger partial charge < -0.3 is 15.4 Å². The van der Waals surface area contributed by atoms with E-state index in [1.165, 1.54) is 12.0 Å². The van der Waals surface area contributed by atoms with Gasteiger partial charge in [-0.3, -0.25) is 9.89 Å². The van der Waals surface area contributed by atoms with Crippen molar-refractivity contribution in [2.45, 2.75) is 58.2 Å². The van der Waals surface area contributed by atoms with Crippen LogP contribution in [0, 0.1) is 0 Å². The van der Waals surface area contributed by atoms with Gasteiger partial charge in [0.25, 0.3) is 0 Å². The molecule has 0 spiro atoms. The zero-order chi connectivity index (χ0) is 18.6. The Hall–Kier alpha value is -1.59. The highest BCUT2D eigenvalue weighted by Gasteiger charge is 2.29. The molecule has 1 aliphatic heterocycles. The molecule has 1 saturated heterocycles. The number of likely N-dealkylation sites (tertiary alicyclic amines) is 1. The number of hydrogen-bond acceptors (Lipinski definition) is 3. The first kappa shape index (κ1) is 20.7. The van der Waals surface area contributed by atoms with Crippen LogP contribution < -0.4 is 10.6 Å². The van der Waals surface area contributed by atoms with E-state index in [4.69, 9.17) is 9.73 Å². The Labute approximate surface area is 159 Å². The van der Waals surface area contributed by atoms with Gasteiger partial charge in [-0.1, -0.05) is 30.3 Å². The molecule has 146 valence electrons. The Bertz CT molecular complexity index is 520. The molecule has 1 heterocycles. The predicted octanol–water partition coefficient (Wildman–Crippen LogP) is 3.02. The molecule has 5 heteroatoms. The van der Waals surface area contributed by atoms with Crippen LogP contribution in [0.15, 0.2) is 35.3 Å². The summed E-state index contributed by atoms with van der Waals surface area (Å²) >= 11 is 0. The monoisotopic (exact) mass is 360 g/mol. The molecule has 1 aromatic rings. The van der Waals surface area contributed by atoms with Crippen molar-refractivity contribution in [1.82, 2.24) is 15.5 Å². The fourth-order valence-electron chi connectivity index (χ4n) is 3.48. The summed E-state index contributed by atoms with van der Waals surface area (Å²) in [5.74, 6) is 0.956. The highest BCUT2D eigenvalue weighted by atomic mass is 16.5. The van der Waals surface area contributed by atoms with E-state index in [9.17, 15) is 0 Å². The van der Waals surface area contributed by atoms with Crippen molar-refractivity contribution in [1.29, 1.82) is 0 Å². The molecule has 0 saturated carbocycles. The lowest BCUT2D eigenvalue weighted by Crippen LogP contribution is -2.44. The average molecular weight is 361 g/mol. The lowest BCUT2D eigenvalue weighted by atomic mass is 10.2. The number of hydrogen-bond donors (Lipinski definition) is 2. The zero-order valence-electron chi connectivity index (χ0n) is 16.7. The molecule has 0 radical (unpaired) electrons. The summed E-state index contributed by atoms with van der Waals surface area (Å²) in [4.78, 5) is 7.30. The summed E-state index contributed by atoms with van der Waals surface area (Å²) in [5, 5.41) is 7.02. The van der Waals surface area contributed by atoms with Gasteiger partial charge >= 0.3 is 0 Å². The largest absolute Gasteiger partial charge is 0.385 e. The van der Waals surface area contributed by atoms with Gasteiger partial charge in [0.15, 0.2) is 5.96 Å². The summed E-state index contributed by atoms with van der Waals surface area (Å²) in [6, 6.07) is 11.8. The molecule has 2 unspecified atom stereocenters. The third-order valence-electron chi connectivity index (χ3n) is 4.89. The van der Waals surface area contributed by atoms with Crippen LogP contribution in [-0.4, -0.2) is 56.3 Å². The molecule has 0 amide bonds. The van der Waals surface area contributed by atoms with E-state index in [-0.39, 0.29) is 0 Å². The van der Waals surface area contributed by atoms with Gasteiger partial charge in [0, 0.05) is 52.0 Å². The SMILES string of the molecule is CCNC(=NCCCCCOC)NC1CC(C)N(Cc2ccccc2)C1. The second-order valence-corrected chi connectivity index (χ2v) is 7.16. The fraction of sp³-hybridized carbons (Fsp3) is 0.667. The van der Waals surface area contributed by atoms with E-state index in [2.05, 4.69) is 59.7 Å². The number of rotatable bonds is 10. The van der Waals surface area contributed by atoms with Gasteiger partial charge in [0.2, 0.25) is 0 Å². The maximum Gasteiger partial charge on any atom is 0.191 e. The topological polar surface area (TPSA) is 48.9 Å². The molecule has 5 nitrogen and oxygen atoms in total. The molecule has 1 fully saturated rings. The molecule has 0 aliphatic carbocycles. The van der Waals surface area contributed by atoms with Crippen LogP contribution in [0.3, 0.4) is 0 Å². The van der Waals surface area contributed by atoms with Crippen LogP contribution in [-0.2, 0) is 11.3 Å². The Morgan fingerprint density at radius 1 is 1.23 bits per heavy atom. The van der Waals surface area contributed by atoms with Crippen LogP contribution in [0.4, 0.5) is 0 Å². The normalized spacial score (nSPS) is 21.1. The maximum atomic E-state index is 5.09. The summed E-state index contributed by atoms with van der Waals surface area (Å²) in [6.07, 6.45) is 4.55. The number of methoxy groups -OCH3 is 1. The predicted molar refractivity (Wildman–Crippen MR) is 110 cm³/mol. The van der Waals surface area contributed by atoms with Crippen LogP contribution in [0.25, 0.3) is 0 Å². The lowest BCUT2D eigenvalue weighted by Gasteiger charge is -2.21. The van der Waals surface area contributed by atoms with E-state index >= 15 is 0 Å². The van der Waals surface area contributed by atoms with Gasteiger partial charge in [-0.15, -0.1) is 0 Å². The number of nitrogens with one attached hydrogen (secondary N) is 2. The molecule has 26 heavy (non-hydrogen) atoms. The van der Waals surface area contributed by atoms with E-state index < -0.39 is 0 Å². The number of benzene rings is 1. The van der Waals surface area contributed by atoms with E-state index in [1.807, 2.05) is 0 Å². The van der Waals surface area contributed by atoms with Crippen molar-refractivity contribution in [2.75, 3.05) is 33.4 Å². The van der Waals surface area contributed by atoms with E-state index in [0.29, 0.717) is 12.1 Å². The lowest BCUT2D eigenvalue weighted by molar-refractivity contribution is 0.192. The van der Waals surface area contributed by atoms with Crippen molar-refractivity contribution in [3.05, 3.63) is 35.9 Å². The van der Waals surface area contributed by atoms with Crippen LogP contribution in [0.1, 0.15) is 45.1 Å². The first-order chi connectivity index (χ1) is 12.7. The van der Waals surface area contributed by atoms with E-state index in [0.717, 1.165) is 58.0 Å². The molecular formula is C21H36N4O. The first-order valence-corrected chi connectivity index (χ1v) is 10.0. The van der Waals surface area contributed by atoms with Crippen LogP contribution in [0.2, 0.25) is 0 Å². The maximum absolute atomic E-state index is 5.09. The first-order valence-electron chi connectivity index (χ1n) is 10.0. The summed E-state index contributed by atoms with van der Waals surface area (Å²) < 4.78 is 5.09. The smallest absolute Gasteiger partial charge is 0.191 e. The van der Waals surface area contributed by atoms with Crippen molar-refractivity contribution in [2.24, 2.45) is 4.99 Å². The van der Waals surface area contributed by atoms with Crippen molar-refractivity contribution < 1.29 is 4.74 Å². The van der Waals surface area contributed by atoms with Gasteiger partial charge in [0.05, 0.1) is 0 Å². The molecule has 2 atom stereocenters. The molecular weight excluding hydrogens is 324 g/mol. The van der Waals surface area contributed by atoms with Crippen LogP contribution >= 0.6 is 0 Å². The average Bonchev–Trinajstić information content (AvgIpc) is 2.98. The highest BCUT2D eigenvalue weighted by molar-refractivity contribution is 5.80. The summed E-state index contributed by atoms with van der Waals surface area (Å²) in [5.41, 5.74) is 1.39. The second kappa shape index (κ2) is 11.9. The second-order valence-electron chi connectivity index (χ2n) is 7.16. The standard InChI is InChI=1S/C21H36N4O/c1-4-22-21(23-13-9-6-10-14-26-3)24-20-15-18(2)25(17-20)16-19-11-7-5-8-12-19/h5,7-8,11-12,18,20H,4,6,9-10,13-17H2,1-3H3,(H2,22,23,24). The van der Waals surface area contributed by atoms with Gasteiger partial charge in [-0.2, -0.15) is 0 Å². The fourth-order valence-corrected chi connectivity index (χ4v) is 3.48. The van der Waals surface area contributed by atoms with Crippen molar-refractivity contribution in [3.8, 4) is 0 Å². The Morgan fingerprint density at radius 2 is 2.04 bits per heavy atom. The minimum absolute atomic E-state index is 0.458. The number of guanidine groups is 1. The van der Waals surface area contributed by atoms with Gasteiger partial charge in [-0.25, -0.2) is 0 Å². The number of aliphatic imine (C=N–C) groups is 1. The minimum Gasteiger partial charge on any atom is -0.385 e. The van der Waals surface area contributed by atoms with Crippen molar-refractivity contribution in [3.63, 3.8) is 0 Å². The third kappa shape index (κ3) is 7.34. The molecule has 1 aromatic carbocycles. The molecule has 0 aromatic heterocycles. The van der Waals surface area contributed by atoms with E-state index in [1.54, 1.807) is 7.11 Å².